The Labute approximate surface area is 204 Å². The molecule has 0 aliphatic heterocycles. The highest BCUT2D eigenvalue weighted by molar-refractivity contribution is 6.08. The molecule has 0 unspecified atom stereocenters. The van der Waals surface area contributed by atoms with E-state index in [1.165, 1.54) is 0 Å². The van der Waals surface area contributed by atoms with E-state index in [1.807, 2.05) is 13.8 Å². The largest absolute Gasteiger partial charge is 0.498 e. The third-order valence-corrected chi connectivity index (χ3v) is 4.08. The number of ketones is 1. The Balaban J connectivity index is 5.37. The number of ether oxygens (including phenoxy) is 2. The summed E-state index contributed by atoms with van der Waals surface area (Å²) in [6.45, 7) is 22.5. The molecule has 0 aromatic heterocycles. The van der Waals surface area contributed by atoms with Gasteiger partial charge in [0, 0.05) is 29.7 Å². The van der Waals surface area contributed by atoms with Crippen LogP contribution in [0.25, 0.3) is 0 Å². The highest BCUT2D eigenvalue weighted by atomic mass is 16.6. The first-order valence-corrected chi connectivity index (χ1v) is 11.0. The lowest BCUT2D eigenvalue weighted by atomic mass is 10.0. The van der Waals surface area contributed by atoms with Crippen molar-refractivity contribution in [2.45, 2.75) is 61.0 Å². The number of alkyl carbamates (subject to hydrolysis) is 1. The van der Waals surface area contributed by atoms with Crippen molar-refractivity contribution in [3.8, 4) is 0 Å². The van der Waals surface area contributed by atoms with Gasteiger partial charge in [0.2, 0.25) is 0 Å². The number of nitrogens with zero attached hydrogens (tertiary/aromatic N) is 1. The number of hydrogen-bond donors (Lipinski definition) is 3. The molecule has 0 aliphatic carbocycles. The molecule has 0 aromatic rings. The van der Waals surface area contributed by atoms with Gasteiger partial charge in [-0.1, -0.05) is 19.2 Å². The van der Waals surface area contributed by atoms with Gasteiger partial charge in [-0.3, -0.25) is 10.1 Å². The maximum atomic E-state index is 13.0. The van der Waals surface area contributed by atoms with Crippen molar-refractivity contribution in [2.24, 2.45) is 10.7 Å². The molecule has 4 N–H and O–H groups in total. The van der Waals surface area contributed by atoms with Gasteiger partial charge in [-0.2, -0.15) is 0 Å². The van der Waals surface area contributed by atoms with Gasteiger partial charge in [0.25, 0.3) is 0 Å². The Kier molecular flexibility index (Phi) is 13.0. The minimum atomic E-state index is -0.635. The normalized spacial score (nSPS) is 13.8. The molecule has 8 nitrogen and oxygen atoms in total. The van der Waals surface area contributed by atoms with E-state index < -0.39 is 11.7 Å². The van der Waals surface area contributed by atoms with E-state index in [1.54, 1.807) is 66.0 Å². The fraction of sp³-hybridized carbons (Fsp3) is 0.423. The second-order valence-corrected chi connectivity index (χ2v) is 8.62. The number of carbonyl (C=O) groups is 2. The molecular weight excluding hydrogens is 432 g/mol. The highest BCUT2D eigenvalue weighted by Crippen LogP contribution is 2.12. The van der Waals surface area contributed by atoms with Gasteiger partial charge in [0.15, 0.2) is 5.78 Å². The van der Waals surface area contributed by atoms with E-state index in [-0.39, 0.29) is 12.3 Å². The first kappa shape index (κ1) is 30.4. The molecule has 0 bridgehead atoms. The molecule has 0 atom stereocenters. The number of aliphatic imine (C=N–C) groups is 1. The maximum absolute atomic E-state index is 13.0. The number of Topliss-reactive ketones (excluding diaryl/α,β-unsaturated/α-hetero) is 1. The minimum absolute atomic E-state index is 0.157. The van der Waals surface area contributed by atoms with Crippen molar-refractivity contribution in [3.63, 3.8) is 0 Å². The second kappa shape index (κ2) is 14.6. The van der Waals surface area contributed by atoms with E-state index >= 15 is 0 Å². The third-order valence-electron chi connectivity index (χ3n) is 4.08. The molecule has 0 aliphatic rings. The van der Waals surface area contributed by atoms with Crippen LogP contribution in [0.1, 0.15) is 55.4 Å². The van der Waals surface area contributed by atoms with Gasteiger partial charge in [0.05, 0.1) is 12.4 Å². The molecular formula is C26H40N4O4. The van der Waals surface area contributed by atoms with Crippen LogP contribution in [0.5, 0.6) is 0 Å². The minimum Gasteiger partial charge on any atom is -0.498 e. The summed E-state index contributed by atoms with van der Waals surface area (Å²) in [5.74, 6) is 0.863. The number of nitrogens with one attached hydrogen (secondary N) is 2. The molecule has 0 rings (SSSR count). The van der Waals surface area contributed by atoms with Crippen LogP contribution in [0.15, 0.2) is 76.1 Å². The lowest BCUT2D eigenvalue weighted by Crippen LogP contribution is -2.32. The summed E-state index contributed by atoms with van der Waals surface area (Å²) in [6, 6.07) is 0. The van der Waals surface area contributed by atoms with Crippen molar-refractivity contribution >= 4 is 18.1 Å². The zero-order valence-electron chi connectivity index (χ0n) is 21.8. The van der Waals surface area contributed by atoms with Crippen LogP contribution in [0.3, 0.4) is 0 Å². The predicted molar refractivity (Wildman–Crippen MR) is 139 cm³/mol. The molecule has 0 fully saturated rings. The van der Waals surface area contributed by atoms with E-state index in [0.717, 1.165) is 5.76 Å². The molecule has 0 heterocycles. The first-order valence-electron chi connectivity index (χ1n) is 11.0. The summed E-state index contributed by atoms with van der Waals surface area (Å²) >= 11 is 0. The van der Waals surface area contributed by atoms with Crippen molar-refractivity contribution in [2.75, 3.05) is 13.2 Å². The SMILES string of the molecule is C=C(N=C/C=C(\C)OCC)NCC(C(=O)/C(C)=C/C=C(/NC(=O)OC(C)(C)C)C(=C)C)=C(C)N. The lowest BCUT2D eigenvalue weighted by molar-refractivity contribution is -0.112. The van der Waals surface area contributed by atoms with Gasteiger partial charge < -0.3 is 20.5 Å². The number of amides is 1. The van der Waals surface area contributed by atoms with Crippen LogP contribution in [-0.4, -0.2) is 36.8 Å². The number of nitrogens with two attached hydrogens (primary N) is 1. The fourth-order valence-corrected chi connectivity index (χ4v) is 2.37. The Bertz CT molecular complexity index is 925. The number of hydrogen-bond acceptors (Lipinski definition) is 7. The monoisotopic (exact) mass is 472 g/mol. The first-order chi connectivity index (χ1) is 15.7. The number of carbonyl (C=O) groups excluding carboxylic acids is 2. The van der Waals surface area contributed by atoms with Crippen LogP contribution in [-0.2, 0) is 14.3 Å². The second-order valence-electron chi connectivity index (χ2n) is 8.62. The molecule has 0 spiro atoms. The summed E-state index contributed by atoms with van der Waals surface area (Å²) in [5.41, 5.74) is 7.56. The van der Waals surface area contributed by atoms with Gasteiger partial charge in [0.1, 0.15) is 11.4 Å². The van der Waals surface area contributed by atoms with Crippen molar-refractivity contribution < 1.29 is 19.1 Å². The summed E-state index contributed by atoms with van der Waals surface area (Å²) in [6.07, 6.45) is 5.88. The molecule has 0 saturated carbocycles. The Morgan fingerprint density at radius 2 is 1.68 bits per heavy atom. The molecule has 0 saturated heterocycles. The summed E-state index contributed by atoms with van der Waals surface area (Å²) < 4.78 is 10.6. The number of allylic oxidation sites excluding steroid dienone is 7. The van der Waals surface area contributed by atoms with Crippen molar-refractivity contribution in [1.29, 1.82) is 0 Å². The smallest absolute Gasteiger partial charge is 0.412 e. The maximum Gasteiger partial charge on any atom is 0.412 e. The summed E-state index contributed by atoms with van der Waals surface area (Å²) in [7, 11) is 0. The van der Waals surface area contributed by atoms with Crippen LogP contribution in [0, 0.1) is 0 Å². The molecule has 8 heteroatoms. The molecule has 0 aromatic carbocycles. The molecule has 1 amide bonds. The average molecular weight is 473 g/mol. The van der Waals surface area contributed by atoms with E-state index in [4.69, 9.17) is 15.2 Å². The van der Waals surface area contributed by atoms with Gasteiger partial charge in [-0.05, 0) is 78.7 Å². The zero-order valence-corrected chi connectivity index (χ0v) is 21.8. The fourth-order valence-electron chi connectivity index (χ4n) is 2.37. The molecule has 0 radical (unpaired) electrons. The number of rotatable bonds is 12. The zero-order chi connectivity index (χ0) is 26.5. The van der Waals surface area contributed by atoms with Crippen molar-refractivity contribution in [3.05, 3.63) is 71.1 Å². The Morgan fingerprint density at radius 1 is 1.06 bits per heavy atom. The summed E-state index contributed by atoms with van der Waals surface area (Å²) in [4.78, 5) is 29.2. The third kappa shape index (κ3) is 13.1. The van der Waals surface area contributed by atoms with Crippen LogP contribution in [0.2, 0.25) is 0 Å². The van der Waals surface area contributed by atoms with Gasteiger partial charge in [-0.25, -0.2) is 9.79 Å². The Hall–Kier alpha value is -3.55. The quantitative estimate of drug-likeness (QED) is 0.163. The molecule has 188 valence electrons. The average Bonchev–Trinajstić information content (AvgIpc) is 2.69. The van der Waals surface area contributed by atoms with Crippen molar-refractivity contribution in [1.82, 2.24) is 10.6 Å². The molecule has 34 heavy (non-hydrogen) atoms. The van der Waals surface area contributed by atoms with Crippen LogP contribution in [0.4, 0.5) is 4.79 Å². The Morgan fingerprint density at radius 3 is 2.18 bits per heavy atom. The standard InChI is InChI=1S/C26H40N4O4/c1-11-33-19(5)14-15-28-21(7)29-16-22(20(6)27)24(31)18(4)12-13-23(17(2)3)30-25(32)34-26(8,9)10/h12-15,29H,2,7,11,16,27H2,1,3-6,8-10H3,(H,30,32)/b18-12+,19-14+,22-20?,23-13+,28-15?. The predicted octanol–water partition coefficient (Wildman–Crippen LogP) is 4.79. The van der Waals surface area contributed by atoms with E-state index in [2.05, 4.69) is 28.8 Å². The topological polar surface area (TPSA) is 115 Å². The highest BCUT2D eigenvalue weighted by Gasteiger charge is 2.17. The van der Waals surface area contributed by atoms with E-state index in [9.17, 15) is 9.59 Å². The summed E-state index contributed by atoms with van der Waals surface area (Å²) in [5, 5.41) is 5.63. The van der Waals surface area contributed by atoms with Crippen LogP contribution < -0.4 is 16.4 Å². The van der Waals surface area contributed by atoms with E-state index in [0.29, 0.717) is 40.5 Å². The van der Waals surface area contributed by atoms with Gasteiger partial charge in [-0.15, -0.1) is 0 Å². The lowest BCUT2D eigenvalue weighted by Gasteiger charge is -2.20. The van der Waals surface area contributed by atoms with Crippen LogP contribution >= 0.6 is 0 Å². The van der Waals surface area contributed by atoms with Gasteiger partial charge >= 0.3 is 6.09 Å².